The summed E-state index contributed by atoms with van der Waals surface area (Å²) in [5, 5.41) is 9.15. The highest BCUT2D eigenvalue weighted by molar-refractivity contribution is 5.07. The second-order valence-corrected chi connectivity index (χ2v) is 2.20. The molecule has 1 N–H and O–H groups in total. The highest BCUT2D eigenvalue weighted by atomic mass is 16.3. The third-order valence-corrected chi connectivity index (χ3v) is 1.16. The fourth-order valence-corrected chi connectivity index (χ4v) is 0.597. The van der Waals surface area contributed by atoms with Gasteiger partial charge in [-0.15, -0.1) is 13.2 Å². The normalized spacial score (nSPS) is 11.0. The topological polar surface area (TPSA) is 20.2 Å². The van der Waals surface area contributed by atoms with Crippen molar-refractivity contribution < 1.29 is 5.11 Å². The maximum Gasteiger partial charge on any atom is 0.115 e. The van der Waals surface area contributed by atoms with Crippen LogP contribution in [0.25, 0.3) is 0 Å². The van der Waals surface area contributed by atoms with Gasteiger partial charge in [-0.2, -0.15) is 0 Å². The van der Waals surface area contributed by atoms with Crippen LogP contribution in [0.15, 0.2) is 25.3 Å². The lowest BCUT2D eigenvalue weighted by Crippen LogP contribution is -2.00. The molecule has 0 spiro atoms. The van der Waals surface area contributed by atoms with Crippen molar-refractivity contribution in [1.29, 1.82) is 0 Å². The largest absolute Gasteiger partial charge is 0.380 e. The van der Waals surface area contributed by atoms with Crippen LogP contribution in [-0.2, 0) is 0 Å². The van der Waals surface area contributed by atoms with E-state index in [2.05, 4.69) is 25.0 Å². The van der Waals surface area contributed by atoms with E-state index >= 15 is 0 Å². The van der Waals surface area contributed by atoms with Gasteiger partial charge in [0, 0.05) is 6.42 Å². The van der Waals surface area contributed by atoms with Gasteiger partial charge >= 0.3 is 0 Å². The van der Waals surface area contributed by atoms with Crippen LogP contribution in [0.4, 0.5) is 0 Å². The minimum atomic E-state index is -0.507. The van der Waals surface area contributed by atoms with Gasteiger partial charge in [0.1, 0.15) is 6.10 Å². The van der Waals surface area contributed by atoms with E-state index in [1.807, 2.05) is 0 Å². The second kappa shape index (κ2) is 7.11. The number of hydrogen-bond donors (Lipinski definition) is 1. The van der Waals surface area contributed by atoms with E-state index in [1.54, 1.807) is 12.2 Å². The fraction of sp³-hybridized carbons (Fsp3) is 0.400. The van der Waals surface area contributed by atoms with Gasteiger partial charge in [-0.1, -0.05) is 24.0 Å². The first-order valence-corrected chi connectivity index (χ1v) is 3.69. The Hall–Kier alpha value is -1.00. The van der Waals surface area contributed by atoms with Crippen LogP contribution in [0.1, 0.15) is 19.3 Å². The van der Waals surface area contributed by atoms with Crippen LogP contribution < -0.4 is 0 Å². The van der Waals surface area contributed by atoms with E-state index in [0.717, 1.165) is 6.42 Å². The summed E-state index contributed by atoms with van der Waals surface area (Å²) < 4.78 is 0. The summed E-state index contributed by atoms with van der Waals surface area (Å²) in [4.78, 5) is 0. The van der Waals surface area contributed by atoms with E-state index < -0.39 is 6.10 Å². The molecule has 1 unspecified atom stereocenters. The van der Waals surface area contributed by atoms with Crippen LogP contribution in [0.2, 0.25) is 0 Å². The molecule has 0 aromatic carbocycles. The zero-order valence-electron chi connectivity index (χ0n) is 6.71. The van der Waals surface area contributed by atoms with Crippen molar-refractivity contribution in [1.82, 2.24) is 0 Å². The van der Waals surface area contributed by atoms with Crippen LogP contribution in [0.5, 0.6) is 0 Å². The van der Waals surface area contributed by atoms with E-state index in [9.17, 15) is 0 Å². The highest BCUT2D eigenvalue weighted by Crippen LogP contribution is 1.95. The lowest BCUT2D eigenvalue weighted by atomic mass is 10.2. The quantitative estimate of drug-likeness (QED) is 0.479. The fourth-order valence-electron chi connectivity index (χ4n) is 0.597. The van der Waals surface area contributed by atoms with Gasteiger partial charge in [-0.05, 0) is 12.8 Å². The third kappa shape index (κ3) is 6.89. The standard InChI is InChI=1S/C10H14O/c1-3-5-7-9-10(11)8-6-4-2/h3-4,10-11H,1-2,5-6,8H2. The summed E-state index contributed by atoms with van der Waals surface area (Å²) in [5.74, 6) is 5.50. The lowest BCUT2D eigenvalue weighted by molar-refractivity contribution is 0.223. The van der Waals surface area contributed by atoms with Gasteiger partial charge in [-0.25, -0.2) is 0 Å². The molecule has 0 fully saturated rings. The Kier molecular flexibility index (Phi) is 6.46. The summed E-state index contributed by atoms with van der Waals surface area (Å²) in [7, 11) is 0. The highest BCUT2D eigenvalue weighted by Gasteiger charge is 1.94. The minimum Gasteiger partial charge on any atom is -0.380 e. The van der Waals surface area contributed by atoms with Crippen molar-refractivity contribution in [2.75, 3.05) is 0 Å². The molecule has 1 heteroatoms. The molecule has 0 amide bonds. The second-order valence-electron chi connectivity index (χ2n) is 2.20. The molecule has 0 aliphatic carbocycles. The number of allylic oxidation sites excluding steroid dienone is 2. The Morgan fingerprint density at radius 1 is 1.36 bits per heavy atom. The Balaban J connectivity index is 3.51. The van der Waals surface area contributed by atoms with Crippen molar-refractivity contribution in [2.45, 2.75) is 25.4 Å². The predicted octanol–water partition coefficient (Wildman–Crippen LogP) is 1.89. The summed E-state index contributed by atoms with van der Waals surface area (Å²) in [6.45, 7) is 7.07. The first-order chi connectivity index (χ1) is 5.31. The first kappa shape index (κ1) is 10.0. The number of aliphatic hydroxyl groups excluding tert-OH is 1. The lowest BCUT2D eigenvalue weighted by Gasteiger charge is -1.97. The Morgan fingerprint density at radius 3 is 2.64 bits per heavy atom. The zero-order chi connectivity index (χ0) is 8.53. The van der Waals surface area contributed by atoms with Gasteiger partial charge in [0.15, 0.2) is 0 Å². The molecule has 0 rings (SSSR count). The molecule has 60 valence electrons. The molecule has 0 saturated heterocycles. The van der Waals surface area contributed by atoms with Crippen LogP contribution in [0, 0.1) is 11.8 Å². The van der Waals surface area contributed by atoms with E-state index in [4.69, 9.17) is 5.11 Å². The van der Waals surface area contributed by atoms with Gasteiger partial charge in [0.2, 0.25) is 0 Å². The van der Waals surface area contributed by atoms with Crippen LogP contribution >= 0.6 is 0 Å². The molecular formula is C10H14O. The minimum absolute atomic E-state index is 0.507. The summed E-state index contributed by atoms with van der Waals surface area (Å²) >= 11 is 0. The van der Waals surface area contributed by atoms with E-state index in [0.29, 0.717) is 12.8 Å². The number of rotatable bonds is 4. The molecule has 0 bridgehead atoms. The molecule has 0 aromatic rings. The summed E-state index contributed by atoms with van der Waals surface area (Å²) in [5.41, 5.74) is 0. The van der Waals surface area contributed by atoms with Gasteiger partial charge < -0.3 is 5.11 Å². The first-order valence-electron chi connectivity index (χ1n) is 3.69. The van der Waals surface area contributed by atoms with Crippen LogP contribution in [-0.4, -0.2) is 11.2 Å². The third-order valence-electron chi connectivity index (χ3n) is 1.16. The van der Waals surface area contributed by atoms with Crippen LogP contribution in [0.3, 0.4) is 0 Å². The van der Waals surface area contributed by atoms with Crippen molar-refractivity contribution in [3.05, 3.63) is 25.3 Å². The molecule has 11 heavy (non-hydrogen) atoms. The molecule has 1 nitrogen and oxygen atoms in total. The predicted molar refractivity (Wildman–Crippen MR) is 48.0 cm³/mol. The molecule has 0 aliphatic rings. The van der Waals surface area contributed by atoms with Crippen molar-refractivity contribution in [3.8, 4) is 11.8 Å². The van der Waals surface area contributed by atoms with Crippen molar-refractivity contribution >= 4 is 0 Å². The average Bonchev–Trinajstić information content (AvgIpc) is 2.01. The maximum absolute atomic E-state index is 9.15. The van der Waals surface area contributed by atoms with Crippen molar-refractivity contribution in [3.63, 3.8) is 0 Å². The molecule has 0 heterocycles. The molecule has 1 atom stereocenters. The van der Waals surface area contributed by atoms with Crippen molar-refractivity contribution in [2.24, 2.45) is 0 Å². The summed E-state index contributed by atoms with van der Waals surface area (Å²) in [6.07, 6.45) is 5.11. The number of hydrogen-bond acceptors (Lipinski definition) is 1. The SMILES string of the molecule is C=CCC#CC(O)CCC=C. The Labute approximate surface area is 68.4 Å². The Bertz CT molecular complexity index is 171. The Morgan fingerprint density at radius 2 is 2.09 bits per heavy atom. The van der Waals surface area contributed by atoms with E-state index in [-0.39, 0.29) is 0 Å². The average molecular weight is 150 g/mol. The number of aliphatic hydroxyl groups is 1. The monoisotopic (exact) mass is 150 g/mol. The summed E-state index contributed by atoms with van der Waals surface area (Å²) in [6, 6.07) is 0. The maximum atomic E-state index is 9.15. The molecule has 0 radical (unpaired) electrons. The smallest absolute Gasteiger partial charge is 0.115 e. The molecule has 0 aromatic heterocycles. The molecular weight excluding hydrogens is 136 g/mol. The van der Waals surface area contributed by atoms with Gasteiger partial charge in [0.25, 0.3) is 0 Å². The molecule has 0 aliphatic heterocycles. The molecule has 0 saturated carbocycles. The van der Waals surface area contributed by atoms with E-state index in [1.165, 1.54) is 0 Å². The van der Waals surface area contributed by atoms with Gasteiger partial charge in [0.05, 0.1) is 0 Å². The van der Waals surface area contributed by atoms with Gasteiger partial charge in [-0.3, -0.25) is 0 Å². The zero-order valence-corrected chi connectivity index (χ0v) is 6.71.